The Hall–Kier alpha value is -1.30. The molecule has 1 rings (SSSR count). The average Bonchev–Trinajstić information content (AvgIpc) is 2.45. The molecule has 10 heteroatoms. The van der Waals surface area contributed by atoms with Gasteiger partial charge in [-0.3, -0.25) is 0 Å². The molecule has 0 bridgehead atoms. The number of ether oxygens (including phenoxy) is 3. The van der Waals surface area contributed by atoms with E-state index in [1.807, 2.05) is 0 Å². The summed E-state index contributed by atoms with van der Waals surface area (Å²) in [6.45, 7) is -0.293. The zero-order chi connectivity index (χ0) is 16.2. The molecule has 21 heavy (non-hydrogen) atoms. The van der Waals surface area contributed by atoms with Crippen LogP contribution in [0.5, 0.6) is 0 Å². The second-order valence-electron chi connectivity index (χ2n) is 4.52. The Kier molecular flexibility index (Phi) is 6.45. The zero-order valence-corrected chi connectivity index (χ0v) is 11.3. The fourth-order valence-electron chi connectivity index (χ4n) is 1.83. The number of aliphatic hydroxyl groups is 3. The summed E-state index contributed by atoms with van der Waals surface area (Å²) in [6.07, 6.45) is -6.49. The summed E-state index contributed by atoms with van der Waals surface area (Å²) >= 11 is 0. The number of esters is 1. The minimum absolute atomic E-state index is 0.623. The first-order valence-electron chi connectivity index (χ1n) is 6.20. The van der Waals surface area contributed by atoms with E-state index >= 15 is 0 Å². The molecule has 1 fully saturated rings. The molecule has 1 aliphatic heterocycles. The lowest BCUT2D eigenvalue weighted by atomic mass is 9.97. The van der Waals surface area contributed by atoms with E-state index in [4.69, 9.17) is 35.3 Å². The number of carbonyl (C=O) groups excluding carboxylic acids is 1. The highest BCUT2D eigenvalue weighted by Gasteiger charge is 2.46. The highest BCUT2D eigenvalue weighted by molar-refractivity contribution is 5.71. The van der Waals surface area contributed by atoms with Crippen LogP contribution in [0.4, 0.5) is 0 Å². The van der Waals surface area contributed by atoms with Gasteiger partial charge in [0.2, 0.25) is 6.29 Å². The van der Waals surface area contributed by atoms with Gasteiger partial charge in [-0.2, -0.15) is 0 Å². The van der Waals surface area contributed by atoms with Gasteiger partial charge in [0.1, 0.15) is 24.9 Å². The lowest BCUT2D eigenvalue weighted by Crippen LogP contribution is -2.64. The first-order valence-corrected chi connectivity index (χ1v) is 6.20. The standard InChI is InChI=1S/C11H19NO9/c1-4(10(17)18)19-9-7(12)11(21-6(15)3-14)20-5(2-13)8(9)16/h4-5,7-9,11,13-14,16H,2-3,12H2,1H3,(H,17,18)/t4?,5-,7-,8-,9-,11?/m1/s1. The molecule has 0 aromatic carbocycles. The smallest absolute Gasteiger partial charge is 0.334 e. The lowest BCUT2D eigenvalue weighted by molar-refractivity contribution is -0.271. The van der Waals surface area contributed by atoms with Crippen molar-refractivity contribution in [1.29, 1.82) is 0 Å². The third-order valence-electron chi connectivity index (χ3n) is 2.99. The number of aliphatic carboxylic acids is 1. The van der Waals surface area contributed by atoms with E-state index in [9.17, 15) is 14.7 Å². The van der Waals surface area contributed by atoms with Gasteiger partial charge in [-0.25, -0.2) is 9.59 Å². The molecule has 1 aliphatic rings. The van der Waals surface area contributed by atoms with Gasteiger partial charge in [0.05, 0.1) is 12.6 Å². The molecular formula is C11H19NO9. The maximum Gasteiger partial charge on any atom is 0.334 e. The predicted molar refractivity (Wildman–Crippen MR) is 64.9 cm³/mol. The van der Waals surface area contributed by atoms with Crippen LogP contribution in [-0.4, -0.2) is 82.3 Å². The molecule has 0 saturated carbocycles. The Morgan fingerprint density at radius 2 is 2.00 bits per heavy atom. The van der Waals surface area contributed by atoms with Crippen LogP contribution in [0.25, 0.3) is 0 Å². The van der Waals surface area contributed by atoms with Crippen LogP contribution in [0.1, 0.15) is 6.92 Å². The summed E-state index contributed by atoms with van der Waals surface area (Å²) in [4.78, 5) is 21.9. The Morgan fingerprint density at radius 3 is 2.48 bits per heavy atom. The van der Waals surface area contributed by atoms with Gasteiger partial charge in [0, 0.05) is 0 Å². The van der Waals surface area contributed by atoms with E-state index in [0.717, 1.165) is 0 Å². The van der Waals surface area contributed by atoms with Gasteiger partial charge in [-0.15, -0.1) is 0 Å². The molecule has 10 nitrogen and oxygen atoms in total. The molecule has 122 valence electrons. The van der Waals surface area contributed by atoms with Gasteiger partial charge in [0.25, 0.3) is 0 Å². The molecule has 0 aromatic rings. The first kappa shape index (κ1) is 17.8. The maximum atomic E-state index is 11.1. The normalized spacial score (nSPS) is 34.2. The van der Waals surface area contributed by atoms with Crippen molar-refractivity contribution in [1.82, 2.24) is 0 Å². The van der Waals surface area contributed by atoms with E-state index in [0.29, 0.717) is 0 Å². The third kappa shape index (κ3) is 4.33. The van der Waals surface area contributed by atoms with Crippen molar-refractivity contribution in [3.8, 4) is 0 Å². The number of carbonyl (C=O) groups is 2. The van der Waals surface area contributed by atoms with Crippen LogP contribution in [0.2, 0.25) is 0 Å². The summed E-state index contributed by atoms with van der Waals surface area (Å²) in [6, 6.07) is -1.19. The molecule has 0 aromatic heterocycles. The number of rotatable bonds is 6. The van der Waals surface area contributed by atoms with Crippen molar-refractivity contribution in [2.45, 2.75) is 43.7 Å². The molecule has 6 atom stereocenters. The molecule has 1 heterocycles. The molecule has 0 amide bonds. The predicted octanol–water partition coefficient (Wildman–Crippen LogP) is -3.21. The number of hydrogen-bond donors (Lipinski definition) is 5. The van der Waals surface area contributed by atoms with E-state index in [1.165, 1.54) is 6.92 Å². The first-order chi connectivity index (χ1) is 9.81. The van der Waals surface area contributed by atoms with Crippen molar-refractivity contribution in [2.24, 2.45) is 5.73 Å². The summed E-state index contributed by atoms with van der Waals surface area (Å²) < 4.78 is 15.0. The molecule has 1 saturated heterocycles. The molecule has 2 unspecified atom stereocenters. The summed E-state index contributed by atoms with van der Waals surface area (Å²) in [5.41, 5.74) is 5.74. The fourth-order valence-corrected chi connectivity index (χ4v) is 1.83. The van der Waals surface area contributed by atoms with Gasteiger partial charge >= 0.3 is 11.9 Å². The number of nitrogens with two attached hydrogens (primary N) is 1. The van der Waals surface area contributed by atoms with Crippen molar-refractivity contribution in [3.63, 3.8) is 0 Å². The molecule has 0 aliphatic carbocycles. The molecule has 0 spiro atoms. The van der Waals surface area contributed by atoms with Gasteiger partial charge in [-0.05, 0) is 6.92 Å². The Balaban J connectivity index is 2.86. The second-order valence-corrected chi connectivity index (χ2v) is 4.52. The largest absolute Gasteiger partial charge is 0.479 e. The van der Waals surface area contributed by atoms with Crippen LogP contribution in [0.3, 0.4) is 0 Å². The van der Waals surface area contributed by atoms with Crippen LogP contribution in [0, 0.1) is 0 Å². The van der Waals surface area contributed by atoms with E-state index in [2.05, 4.69) is 0 Å². The summed E-state index contributed by atoms with van der Waals surface area (Å²) in [7, 11) is 0. The van der Waals surface area contributed by atoms with Gasteiger partial charge in [0.15, 0.2) is 6.10 Å². The van der Waals surface area contributed by atoms with Crippen LogP contribution >= 0.6 is 0 Å². The van der Waals surface area contributed by atoms with Crippen molar-refractivity contribution in [3.05, 3.63) is 0 Å². The number of carboxylic acid groups (broad SMARTS) is 1. The SMILES string of the molecule is CC(O[C@H]1[C@H](O)[C@@H](CO)OC(OC(=O)CO)[C@@H]1N)C(=O)O. The Bertz CT molecular complexity index is 377. The van der Waals surface area contributed by atoms with Gasteiger partial charge < -0.3 is 40.4 Å². The highest BCUT2D eigenvalue weighted by Crippen LogP contribution is 2.24. The molecule has 0 radical (unpaired) electrons. The monoisotopic (exact) mass is 309 g/mol. The zero-order valence-electron chi connectivity index (χ0n) is 11.3. The number of carboxylic acids is 1. The fraction of sp³-hybridized carbons (Fsp3) is 0.818. The second kappa shape index (κ2) is 7.64. The lowest BCUT2D eigenvalue weighted by Gasteiger charge is -2.42. The quantitative estimate of drug-likeness (QED) is 0.315. The van der Waals surface area contributed by atoms with Crippen molar-refractivity contribution in [2.75, 3.05) is 13.2 Å². The minimum atomic E-state index is -1.41. The van der Waals surface area contributed by atoms with Crippen LogP contribution < -0.4 is 5.73 Å². The summed E-state index contributed by atoms with van der Waals surface area (Å²) in [5.74, 6) is -2.29. The number of aliphatic hydroxyl groups excluding tert-OH is 3. The average molecular weight is 309 g/mol. The topological polar surface area (TPSA) is 169 Å². The summed E-state index contributed by atoms with van der Waals surface area (Å²) in [5, 5.41) is 36.5. The van der Waals surface area contributed by atoms with Crippen molar-refractivity contribution < 1.29 is 44.2 Å². The number of hydrogen-bond acceptors (Lipinski definition) is 9. The van der Waals surface area contributed by atoms with Crippen molar-refractivity contribution >= 4 is 11.9 Å². The van der Waals surface area contributed by atoms with E-state index in [1.54, 1.807) is 0 Å². The van der Waals surface area contributed by atoms with Crippen LogP contribution in [-0.2, 0) is 23.8 Å². The molecule has 6 N–H and O–H groups in total. The highest BCUT2D eigenvalue weighted by atomic mass is 16.7. The third-order valence-corrected chi connectivity index (χ3v) is 2.99. The van der Waals surface area contributed by atoms with Gasteiger partial charge in [-0.1, -0.05) is 0 Å². The Labute approximate surface area is 120 Å². The molecular weight excluding hydrogens is 290 g/mol. The maximum absolute atomic E-state index is 11.1. The van der Waals surface area contributed by atoms with E-state index in [-0.39, 0.29) is 0 Å². The van der Waals surface area contributed by atoms with Crippen LogP contribution in [0.15, 0.2) is 0 Å². The Morgan fingerprint density at radius 1 is 1.38 bits per heavy atom. The minimum Gasteiger partial charge on any atom is -0.479 e. The van der Waals surface area contributed by atoms with E-state index < -0.39 is 61.9 Å².